The third kappa shape index (κ3) is 9.73. The monoisotopic (exact) mass is 764 g/mol. The zero-order valence-electron chi connectivity index (χ0n) is 31.6. The molecule has 3 aromatic heterocycles. The van der Waals surface area contributed by atoms with E-state index < -0.39 is 11.7 Å². The van der Waals surface area contributed by atoms with Gasteiger partial charge in [0.1, 0.15) is 11.5 Å². The highest BCUT2D eigenvalue weighted by atomic mass is 19.1. The molecule has 3 amide bonds. The van der Waals surface area contributed by atoms with Gasteiger partial charge in [-0.1, -0.05) is 30.3 Å². The third-order valence-corrected chi connectivity index (χ3v) is 9.49. The van der Waals surface area contributed by atoms with Crippen LogP contribution in [0.5, 0.6) is 0 Å². The number of aromatic nitrogens is 4. The summed E-state index contributed by atoms with van der Waals surface area (Å²) in [7, 11) is 1.93. The number of primary amides is 1. The maximum atomic E-state index is 13.9. The fourth-order valence-corrected chi connectivity index (χ4v) is 6.46. The van der Waals surface area contributed by atoms with Crippen LogP contribution in [0.1, 0.15) is 60.1 Å². The summed E-state index contributed by atoms with van der Waals surface area (Å²) in [5.41, 5.74) is 12.1. The van der Waals surface area contributed by atoms with Crippen molar-refractivity contribution in [1.29, 1.82) is 0 Å². The fraction of sp³-hybridized carbons (Fsp3) is 0.293. The van der Waals surface area contributed by atoms with Crippen molar-refractivity contribution in [2.75, 3.05) is 51.8 Å². The molecule has 56 heavy (non-hydrogen) atoms. The van der Waals surface area contributed by atoms with Crippen LogP contribution in [0.3, 0.4) is 0 Å². The number of ether oxygens (including phenoxy) is 2. The molecule has 1 aliphatic heterocycles. The summed E-state index contributed by atoms with van der Waals surface area (Å²) in [5.74, 6) is -1.59. The van der Waals surface area contributed by atoms with Crippen LogP contribution in [0.4, 0.5) is 10.1 Å². The van der Waals surface area contributed by atoms with Gasteiger partial charge in [-0.15, -0.1) is 0 Å². The second-order valence-electron chi connectivity index (χ2n) is 13.6. The number of hydrogen-bond donors (Lipinski definition) is 4. The van der Waals surface area contributed by atoms with Crippen LogP contribution in [0.25, 0.3) is 11.6 Å². The highest BCUT2D eigenvalue weighted by Gasteiger charge is 2.26. The third-order valence-electron chi connectivity index (χ3n) is 9.49. The average molecular weight is 765 g/mol. The molecule has 14 nitrogen and oxygen atoms in total. The molecule has 0 aliphatic carbocycles. The largest absolute Gasteiger partial charge is 0.378 e. The molecule has 1 aliphatic rings. The van der Waals surface area contributed by atoms with Gasteiger partial charge in [0.15, 0.2) is 0 Å². The Balaban J connectivity index is 0.887. The Kier molecular flexibility index (Phi) is 12.7. The minimum Gasteiger partial charge on any atom is -0.378 e. The van der Waals surface area contributed by atoms with Gasteiger partial charge in [-0.3, -0.25) is 23.9 Å². The van der Waals surface area contributed by atoms with Crippen molar-refractivity contribution >= 4 is 35.1 Å². The number of rotatable bonds is 18. The molecule has 0 atom stereocenters. The minimum atomic E-state index is -0.588. The predicted octanol–water partition coefficient (Wildman–Crippen LogP) is 3.71. The number of nitrogens with two attached hydrogens (primary N) is 1. The molecular weight excluding hydrogens is 719 g/mol. The molecule has 292 valence electrons. The van der Waals surface area contributed by atoms with Gasteiger partial charge in [-0.25, -0.2) is 4.39 Å². The quantitative estimate of drug-likeness (QED) is 0.0771. The maximum Gasteiger partial charge on any atom is 0.256 e. The molecule has 5 aromatic rings. The Hall–Kier alpha value is -6.16. The van der Waals surface area contributed by atoms with Crippen LogP contribution in [-0.2, 0) is 34.0 Å². The first-order valence-electron chi connectivity index (χ1n) is 18.2. The van der Waals surface area contributed by atoms with E-state index in [-0.39, 0.29) is 24.0 Å². The number of likely N-dealkylation sites (N-methyl/N-ethyl adjacent to an activating group) is 1. The van der Waals surface area contributed by atoms with Crippen molar-refractivity contribution in [2.45, 2.75) is 33.5 Å². The average Bonchev–Trinajstić information content (AvgIpc) is 3.81. The number of fused-ring (bicyclic) bond motifs is 1. The molecule has 0 fully saturated rings. The van der Waals surface area contributed by atoms with E-state index in [0.717, 1.165) is 11.1 Å². The highest BCUT2D eigenvalue weighted by Crippen LogP contribution is 2.34. The van der Waals surface area contributed by atoms with E-state index >= 15 is 0 Å². The van der Waals surface area contributed by atoms with Crippen LogP contribution in [0, 0.1) is 19.7 Å². The number of halogens is 1. The number of anilines is 1. The molecule has 5 N–H and O–H groups in total. The Morgan fingerprint density at radius 1 is 0.982 bits per heavy atom. The molecule has 0 bridgehead atoms. The summed E-state index contributed by atoms with van der Waals surface area (Å²) in [5, 5.41) is 10.2. The second kappa shape index (κ2) is 18.0. The number of amides is 3. The molecule has 15 heteroatoms. The van der Waals surface area contributed by atoms with E-state index in [1.165, 1.54) is 24.3 Å². The molecular formula is C41H45FN8O6. The number of nitrogens with one attached hydrogen (secondary N) is 3. The molecule has 6 rings (SSSR count). The Bertz CT molecular complexity index is 2310. The van der Waals surface area contributed by atoms with E-state index in [4.69, 9.17) is 15.2 Å². The number of nitrogens with zero attached hydrogens (tertiary/aromatic N) is 4. The molecule has 0 spiro atoms. The van der Waals surface area contributed by atoms with Gasteiger partial charge in [0.05, 0.1) is 56.2 Å². The van der Waals surface area contributed by atoms with Gasteiger partial charge in [-0.2, -0.15) is 5.10 Å². The molecule has 2 aromatic carbocycles. The van der Waals surface area contributed by atoms with Gasteiger partial charge in [0, 0.05) is 60.7 Å². The number of benzene rings is 2. The zero-order chi connectivity index (χ0) is 39.8. The van der Waals surface area contributed by atoms with Crippen LogP contribution in [0.15, 0.2) is 77.9 Å². The number of H-pyrrole nitrogens is 1. The van der Waals surface area contributed by atoms with Crippen molar-refractivity contribution in [3.05, 3.63) is 140 Å². The van der Waals surface area contributed by atoms with E-state index in [2.05, 4.69) is 20.7 Å². The highest BCUT2D eigenvalue weighted by molar-refractivity contribution is 6.35. The predicted molar refractivity (Wildman–Crippen MR) is 210 cm³/mol. The summed E-state index contributed by atoms with van der Waals surface area (Å²) in [4.78, 5) is 55.0. The summed E-state index contributed by atoms with van der Waals surface area (Å²) < 4.78 is 28.6. The first kappa shape index (κ1) is 39.5. The van der Waals surface area contributed by atoms with Crippen molar-refractivity contribution in [3.8, 4) is 0 Å². The van der Waals surface area contributed by atoms with E-state index in [9.17, 15) is 23.6 Å². The summed E-state index contributed by atoms with van der Waals surface area (Å²) >= 11 is 0. The number of carbonyl (C=O) groups is 3. The lowest BCUT2D eigenvalue weighted by atomic mass is 10.0. The lowest BCUT2D eigenvalue weighted by molar-refractivity contribution is -0.110. The molecule has 4 heterocycles. The number of carbonyl (C=O) groups excluding carboxylic acids is 3. The fourth-order valence-electron chi connectivity index (χ4n) is 6.46. The lowest BCUT2D eigenvalue weighted by Crippen LogP contribution is -2.34. The van der Waals surface area contributed by atoms with Crippen LogP contribution < -0.4 is 21.9 Å². The number of aromatic amines is 1. The molecule has 0 unspecified atom stereocenters. The molecule has 0 saturated heterocycles. The van der Waals surface area contributed by atoms with Crippen molar-refractivity contribution in [1.82, 2.24) is 29.5 Å². The van der Waals surface area contributed by atoms with Gasteiger partial charge in [0.25, 0.3) is 23.3 Å². The lowest BCUT2D eigenvalue weighted by Gasteiger charge is -2.17. The number of aryl methyl sites for hydroxylation is 1. The van der Waals surface area contributed by atoms with Crippen LogP contribution in [-0.4, -0.2) is 88.5 Å². The Morgan fingerprint density at radius 2 is 1.73 bits per heavy atom. The van der Waals surface area contributed by atoms with Gasteiger partial charge < -0.3 is 40.3 Å². The number of hydrogen-bond acceptors (Lipinski definition) is 8. The first-order valence-corrected chi connectivity index (χ1v) is 18.2. The van der Waals surface area contributed by atoms with Crippen molar-refractivity contribution in [2.24, 2.45) is 5.73 Å². The summed E-state index contributed by atoms with van der Waals surface area (Å²) in [6.45, 7) is 7.30. The SMILES string of the molecule is Cc1[nH]c(C=C2C(=O)Nc3ccc(F)cc32)c(C)c1C(=O)NCCN(C)CCOCCOCc1nn(Cc2ccc(Cn3ccccc3=O)cc2)cc1C(N)=O. The molecule has 0 saturated carbocycles. The van der Waals surface area contributed by atoms with Gasteiger partial charge in [0.2, 0.25) is 0 Å². The number of pyridine rings is 1. The second-order valence-corrected chi connectivity index (χ2v) is 13.6. The smallest absolute Gasteiger partial charge is 0.256 e. The van der Waals surface area contributed by atoms with Crippen LogP contribution >= 0.6 is 0 Å². The summed E-state index contributed by atoms with van der Waals surface area (Å²) in [6.07, 6.45) is 5.01. The van der Waals surface area contributed by atoms with E-state index in [1.54, 1.807) is 40.7 Å². The van der Waals surface area contributed by atoms with Crippen molar-refractivity contribution in [3.63, 3.8) is 0 Å². The maximum absolute atomic E-state index is 13.9. The topological polar surface area (TPSA) is 179 Å². The normalized spacial score (nSPS) is 13.0. The zero-order valence-corrected chi connectivity index (χ0v) is 31.6. The Labute approximate surface area is 323 Å². The Morgan fingerprint density at radius 3 is 2.48 bits per heavy atom. The summed E-state index contributed by atoms with van der Waals surface area (Å²) in [6, 6.07) is 17.0. The van der Waals surface area contributed by atoms with Gasteiger partial charge in [-0.05, 0) is 67.9 Å². The van der Waals surface area contributed by atoms with E-state index in [1.807, 2.05) is 49.2 Å². The van der Waals surface area contributed by atoms with Crippen molar-refractivity contribution < 1.29 is 28.2 Å². The van der Waals surface area contributed by atoms with E-state index in [0.29, 0.717) is 103 Å². The molecule has 0 radical (unpaired) electrons. The standard InChI is InChI=1S/C41H45FN8O6/c1-26-35(21-32-31-20-30(42)11-12-34(31)46-40(32)53)45-27(2)38(26)41(54)44-13-15-48(3)16-17-55-18-19-56-25-36-33(39(43)52)24-50(47-36)23-29-9-7-28(8-10-29)22-49-14-5-4-6-37(49)51/h4-12,14,20-21,24,45H,13,15-19,22-23,25H2,1-3H3,(H2,43,52)(H,44,54)(H,46,53). The minimum absolute atomic E-state index is 0.0613. The van der Waals surface area contributed by atoms with Gasteiger partial charge >= 0.3 is 0 Å². The van der Waals surface area contributed by atoms with Crippen LogP contribution in [0.2, 0.25) is 0 Å². The first-order chi connectivity index (χ1) is 27.0.